The van der Waals surface area contributed by atoms with E-state index in [1.54, 1.807) is 6.33 Å². The van der Waals surface area contributed by atoms with Crippen LogP contribution in [0, 0.1) is 5.92 Å². The molecule has 0 saturated heterocycles. The number of hydrogen-bond acceptors (Lipinski definition) is 7. The molecule has 2 heterocycles. The fourth-order valence-electron chi connectivity index (χ4n) is 3.17. The molecule has 2 unspecified atom stereocenters. The van der Waals surface area contributed by atoms with Gasteiger partial charge in [0.1, 0.15) is 0 Å². The molecule has 2 atom stereocenters. The van der Waals surface area contributed by atoms with Crippen LogP contribution >= 0.6 is 0 Å². The highest BCUT2D eigenvalue weighted by molar-refractivity contribution is 7.85. The Hall–Kier alpha value is -2.20. The number of nitrogens with one attached hydrogen (secondary N) is 1. The topological polar surface area (TPSA) is 136 Å². The van der Waals surface area contributed by atoms with E-state index in [1.807, 2.05) is 16.7 Å². The van der Waals surface area contributed by atoms with E-state index in [4.69, 9.17) is 10.3 Å². The van der Waals surface area contributed by atoms with E-state index in [0.29, 0.717) is 29.4 Å². The number of allylic oxidation sites excluding steroid dienone is 2. The van der Waals surface area contributed by atoms with Crippen molar-refractivity contribution in [2.24, 2.45) is 5.92 Å². The zero-order chi connectivity index (χ0) is 17.6. The fraction of sp³-hybridized carbons (Fsp3) is 0.533. The third kappa shape index (κ3) is 3.59. The standard InChI is InChI=1S/C15H20N6O3S/c16-15-19-13(18-10-2-3-10)12-14(20-15)21(8-17-12)11-4-1-9(7-11)5-6-25(22,23)24/h1,4,8-11H,2-3,5-7H2,(H,22,23,24)(H3,16,18,19,20). The molecular weight excluding hydrogens is 344 g/mol. The van der Waals surface area contributed by atoms with E-state index in [2.05, 4.69) is 20.3 Å². The Bertz CT molecular complexity index is 934. The van der Waals surface area contributed by atoms with Crippen LogP contribution in [0.25, 0.3) is 11.2 Å². The molecule has 0 radical (unpaired) electrons. The van der Waals surface area contributed by atoms with Crippen LogP contribution < -0.4 is 11.1 Å². The first-order chi connectivity index (χ1) is 11.9. The number of nitrogen functional groups attached to an aromatic ring is 1. The first-order valence-corrected chi connectivity index (χ1v) is 9.90. The van der Waals surface area contributed by atoms with Crippen LogP contribution in [0.15, 0.2) is 18.5 Å². The molecular formula is C15H20N6O3S. The summed E-state index contributed by atoms with van der Waals surface area (Å²) in [5.41, 5.74) is 7.21. The van der Waals surface area contributed by atoms with Gasteiger partial charge in [0.15, 0.2) is 17.0 Å². The van der Waals surface area contributed by atoms with Gasteiger partial charge in [0.25, 0.3) is 10.1 Å². The van der Waals surface area contributed by atoms with Crippen molar-refractivity contribution in [2.45, 2.75) is 37.8 Å². The van der Waals surface area contributed by atoms with Crippen LogP contribution in [-0.2, 0) is 10.1 Å². The van der Waals surface area contributed by atoms with Crippen LogP contribution in [0.5, 0.6) is 0 Å². The number of rotatable bonds is 6. The number of aromatic nitrogens is 4. The first-order valence-electron chi connectivity index (χ1n) is 8.29. The summed E-state index contributed by atoms with van der Waals surface area (Å²) < 4.78 is 32.7. The van der Waals surface area contributed by atoms with Gasteiger partial charge in [-0.15, -0.1) is 0 Å². The lowest BCUT2D eigenvalue weighted by molar-refractivity contribution is 0.463. The molecule has 2 aromatic rings. The molecule has 0 amide bonds. The van der Waals surface area contributed by atoms with Gasteiger partial charge in [-0.05, 0) is 31.6 Å². The summed E-state index contributed by atoms with van der Waals surface area (Å²) in [4.78, 5) is 13.0. The number of imidazole rings is 1. The second kappa shape index (κ2) is 5.95. The Labute approximate surface area is 145 Å². The molecule has 1 saturated carbocycles. The largest absolute Gasteiger partial charge is 0.368 e. The maximum Gasteiger partial charge on any atom is 0.264 e. The van der Waals surface area contributed by atoms with Crippen LogP contribution in [0.3, 0.4) is 0 Å². The molecule has 10 heteroatoms. The van der Waals surface area contributed by atoms with Crippen LogP contribution in [0.1, 0.15) is 31.7 Å². The van der Waals surface area contributed by atoms with Crippen molar-refractivity contribution in [1.29, 1.82) is 0 Å². The van der Waals surface area contributed by atoms with E-state index in [-0.39, 0.29) is 23.7 Å². The van der Waals surface area contributed by atoms with Gasteiger partial charge in [0.05, 0.1) is 18.1 Å². The Kier molecular flexibility index (Phi) is 3.88. The van der Waals surface area contributed by atoms with Crippen LogP contribution in [0.4, 0.5) is 11.8 Å². The average molecular weight is 364 g/mol. The lowest BCUT2D eigenvalue weighted by Crippen LogP contribution is -2.11. The predicted octanol–water partition coefficient (Wildman–Crippen LogP) is 1.38. The maximum atomic E-state index is 10.9. The van der Waals surface area contributed by atoms with Crippen LogP contribution in [-0.4, -0.2) is 44.3 Å². The molecule has 0 aliphatic heterocycles. The van der Waals surface area contributed by atoms with Gasteiger partial charge in [-0.3, -0.25) is 4.55 Å². The van der Waals surface area contributed by atoms with Crippen molar-refractivity contribution < 1.29 is 13.0 Å². The summed E-state index contributed by atoms with van der Waals surface area (Å²) in [7, 11) is -3.93. The van der Waals surface area contributed by atoms with Crippen LogP contribution in [0.2, 0.25) is 0 Å². The van der Waals surface area contributed by atoms with Gasteiger partial charge in [0.2, 0.25) is 5.95 Å². The molecule has 4 N–H and O–H groups in total. The van der Waals surface area contributed by atoms with Crippen molar-refractivity contribution >= 4 is 33.0 Å². The van der Waals surface area contributed by atoms with E-state index in [1.165, 1.54) is 0 Å². The molecule has 25 heavy (non-hydrogen) atoms. The molecule has 2 aliphatic rings. The summed E-state index contributed by atoms with van der Waals surface area (Å²) in [6, 6.07) is 0.457. The molecule has 2 aromatic heterocycles. The second-order valence-electron chi connectivity index (χ2n) is 6.70. The number of nitrogens with zero attached hydrogens (tertiary/aromatic N) is 4. The van der Waals surface area contributed by atoms with E-state index < -0.39 is 10.1 Å². The first kappa shape index (κ1) is 16.3. The quantitative estimate of drug-likeness (QED) is 0.516. The molecule has 9 nitrogen and oxygen atoms in total. The van der Waals surface area contributed by atoms with Crippen molar-refractivity contribution in [3.05, 3.63) is 18.5 Å². The van der Waals surface area contributed by atoms with Crippen molar-refractivity contribution in [2.75, 3.05) is 16.8 Å². The van der Waals surface area contributed by atoms with Gasteiger partial charge in [-0.2, -0.15) is 18.4 Å². The lowest BCUT2D eigenvalue weighted by atomic mass is 10.1. The minimum atomic E-state index is -3.93. The third-order valence-electron chi connectivity index (χ3n) is 4.61. The Morgan fingerprint density at radius 3 is 2.84 bits per heavy atom. The summed E-state index contributed by atoms with van der Waals surface area (Å²) in [6.45, 7) is 0. The fourth-order valence-corrected chi connectivity index (χ4v) is 3.77. The minimum absolute atomic E-state index is 0.0273. The normalized spacial score (nSPS) is 23.4. The lowest BCUT2D eigenvalue weighted by Gasteiger charge is -2.14. The maximum absolute atomic E-state index is 10.9. The highest BCUT2D eigenvalue weighted by Crippen LogP contribution is 2.34. The zero-order valence-electron chi connectivity index (χ0n) is 13.5. The molecule has 0 bridgehead atoms. The molecule has 134 valence electrons. The number of hydrogen-bond donors (Lipinski definition) is 3. The third-order valence-corrected chi connectivity index (χ3v) is 5.36. The molecule has 4 rings (SSSR count). The molecule has 2 aliphatic carbocycles. The second-order valence-corrected chi connectivity index (χ2v) is 8.27. The number of fused-ring (bicyclic) bond motifs is 1. The summed E-state index contributed by atoms with van der Waals surface area (Å²) >= 11 is 0. The summed E-state index contributed by atoms with van der Waals surface area (Å²) in [5, 5.41) is 3.33. The molecule has 1 fully saturated rings. The van der Waals surface area contributed by atoms with Crippen molar-refractivity contribution in [3.63, 3.8) is 0 Å². The average Bonchev–Trinajstić information content (AvgIpc) is 3.06. The van der Waals surface area contributed by atoms with Gasteiger partial charge in [-0.1, -0.05) is 12.2 Å². The number of nitrogens with two attached hydrogens (primary N) is 1. The van der Waals surface area contributed by atoms with E-state index in [0.717, 1.165) is 19.3 Å². The monoisotopic (exact) mass is 364 g/mol. The van der Waals surface area contributed by atoms with Gasteiger partial charge in [0, 0.05) is 6.04 Å². The summed E-state index contributed by atoms with van der Waals surface area (Å²) in [5.74, 6) is 0.716. The van der Waals surface area contributed by atoms with Crippen molar-refractivity contribution in [3.8, 4) is 0 Å². The molecule has 0 aromatic carbocycles. The minimum Gasteiger partial charge on any atom is -0.368 e. The smallest absolute Gasteiger partial charge is 0.264 e. The van der Waals surface area contributed by atoms with Gasteiger partial charge < -0.3 is 15.6 Å². The summed E-state index contributed by atoms with van der Waals surface area (Å²) in [6.07, 6.45) is 9.08. The number of anilines is 2. The van der Waals surface area contributed by atoms with Gasteiger partial charge in [-0.25, -0.2) is 4.98 Å². The van der Waals surface area contributed by atoms with Gasteiger partial charge >= 0.3 is 0 Å². The molecule has 0 spiro atoms. The Balaban J connectivity index is 1.56. The van der Waals surface area contributed by atoms with E-state index >= 15 is 0 Å². The predicted molar refractivity (Wildman–Crippen MR) is 93.7 cm³/mol. The Morgan fingerprint density at radius 1 is 1.32 bits per heavy atom. The zero-order valence-corrected chi connectivity index (χ0v) is 14.4. The highest BCUT2D eigenvalue weighted by atomic mass is 32.2. The Morgan fingerprint density at radius 2 is 2.12 bits per heavy atom. The highest BCUT2D eigenvalue weighted by Gasteiger charge is 2.26. The van der Waals surface area contributed by atoms with E-state index in [9.17, 15) is 8.42 Å². The van der Waals surface area contributed by atoms with Crippen molar-refractivity contribution in [1.82, 2.24) is 19.5 Å². The SMILES string of the molecule is Nc1nc(NC2CC2)c2ncn(C3C=CC(CCS(=O)(=O)O)C3)c2n1.